The van der Waals surface area contributed by atoms with Gasteiger partial charge in [0, 0.05) is 12.8 Å². The normalized spacial score (nSPS) is 21.2. The molecule has 1 fully saturated rings. The Morgan fingerprint density at radius 3 is 1.00 bits per heavy atom. The lowest BCUT2D eigenvalue weighted by Gasteiger charge is -2.41. The van der Waals surface area contributed by atoms with Crippen LogP contribution in [0.15, 0.2) is 0 Å². The zero-order valence-electron chi connectivity index (χ0n) is 42.0. The van der Waals surface area contributed by atoms with Gasteiger partial charge in [0.25, 0.3) is 0 Å². The Bertz CT molecular complexity index is 1160. The summed E-state index contributed by atoms with van der Waals surface area (Å²) in [4.78, 5) is 35.9. The van der Waals surface area contributed by atoms with E-state index in [1.165, 1.54) is 186 Å². The third-order valence-electron chi connectivity index (χ3n) is 13.2. The molecule has 1 saturated carbocycles. The molecule has 1 rings (SSSR count). The molecule has 1 aliphatic carbocycles. The topological polar surface area (TPSA) is 210 Å². The maximum atomic E-state index is 12.9. The molecule has 0 spiro atoms. The molecule has 14 heteroatoms. The highest BCUT2D eigenvalue weighted by Crippen LogP contribution is 2.47. The second-order valence-electron chi connectivity index (χ2n) is 19.5. The van der Waals surface area contributed by atoms with Crippen LogP contribution in [-0.4, -0.2) is 98.3 Å². The molecule has 0 radical (unpaired) electrons. The summed E-state index contributed by atoms with van der Waals surface area (Å²) in [6.07, 6.45) is 33.0. The van der Waals surface area contributed by atoms with E-state index in [4.69, 9.17) is 18.5 Å². The number of esters is 2. The summed E-state index contributed by atoms with van der Waals surface area (Å²) < 4.78 is 33.7. The Balaban J connectivity index is 2.33. The van der Waals surface area contributed by atoms with Gasteiger partial charge in [-0.2, -0.15) is 0 Å². The third kappa shape index (κ3) is 34.2. The zero-order valence-corrected chi connectivity index (χ0v) is 42.9. The second kappa shape index (κ2) is 42.7. The van der Waals surface area contributed by atoms with Gasteiger partial charge in [0.2, 0.25) is 0 Å². The molecule has 0 heterocycles. The van der Waals surface area contributed by atoms with Crippen LogP contribution in [0.4, 0.5) is 0 Å². The van der Waals surface area contributed by atoms with Crippen molar-refractivity contribution in [3.8, 4) is 0 Å². The number of unbranched alkanes of at least 4 members (excludes halogenated alkanes) is 35. The first-order valence-corrected chi connectivity index (χ1v) is 28.8. The lowest BCUT2D eigenvalue weighted by atomic mass is 9.85. The van der Waals surface area contributed by atoms with Crippen LogP contribution in [0.1, 0.15) is 264 Å². The number of aliphatic hydroxyl groups excluding tert-OH is 5. The molecule has 0 aromatic rings. The number of rotatable bonds is 47. The zero-order chi connectivity index (χ0) is 48.5. The number of hydrogen-bond donors (Lipinski definition) is 6. The molecule has 0 aromatic carbocycles. The third-order valence-corrected chi connectivity index (χ3v) is 14.2. The van der Waals surface area contributed by atoms with Crippen molar-refractivity contribution in [3.05, 3.63) is 0 Å². The molecule has 6 N–H and O–H groups in total. The van der Waals surface area contributed by atoms with Crippen molar-refractivity contribution in [2.45, 2.75) is 307 Å². The minimum Gasteiger partial charge on any atom is -0.462 e. The second-order valence-corrected chi connectivity index (χ2v) is 20.9. The predicted octanol–water partition coefficient (Wildman–Crippen LogP) is 12.0. The summed E-state index contributed by atoms with van der Waals surface area (Å²) in [5.41, 5.74) is 0. The van der Waals surface area contributed by atoms with Crippen LogP contribution in [0.25, 0.3) is 0 Å². The van der Waals surface area contributed by atoms with Crippen molar-refractivity contribution in [2.24, 2.45) is 0 Å². The molecular weight excluding hydrogens is 864 g/mol. The van der Waals surface area contributed by atoms with Crippen LogP contribution in [0, 0.1) is 0 Å². The van der Waals surface area contributed by atoms with E-state index >= 15 is 0 Å². The van der Waals surface area contributed by atoms with Gasteiger partial charge in [0.15, 0.2) is 6.10 Å². The van der Waals surface area contributed by atoms with E-state index in [1.807, 2.05) is 0 Å². The number of aliphatic hydroxyl groups is 5. The monoisotopic (exact) mass is 965 g/mol. The number of hydrogen-bond acceptors (Lipinski definition) is 12. The lowest BCUT2D eigenvalue weighted by molar-refractivity contribution is -0.220. The van der Waals surface area contributed by atoms with Crippen molar-refractivity contribution >= 4 is 19.8 Å². The fraction of sp³-hybridized carbons (Fsp3) is 0.962. The summed E-state index contributed by atoms with van der Waals surface area (Å²) in [6.45, 7) is 3.36. The van der Waals surface area contributed by atoms with E-state index in [0.717, 1.165) is 38.5 Å². The fourth-order valence-electron chi connectivity index (χ4n) is 8.82. The quantitative estimate of drug-likeness (QED) is 0.0191. The van der Waals surface area contributed by atoms with Gasteiger partial charge in [-0.3, -0.25) is 18.6 Å². The maximum Gasteiger partial charge on any atom is 0.472 e. The molecule has 13 nitrogen and oxygen atoms in total. The first-order valence-electron chi connectivity index (χ1n) is 27.3. The molecule has 6 unspecified atom stereocenters. The van der Waals surface area contributed by atoms with Crippen molar-refractivity contribution in [1.82, 2.24) is 0 Å². The average molecular weight is 965 g/mol. The summed E-state index contributed by atoms with van der Waals surface area (Å²) in [7, 11) is -5.12. The van der Waals surface area contributed by atoms with Crippen LogP contribution in [0.3, 0.4) is 0 Å². The molecule has 8 atom stereocenters. The van der Waals surface area contributed by atoms with Crippen molar-refractivity contribution in [2.75, 3.05) is 13.2 Å². The van der Waals surface area contributed by atoms with Gasteiger partial charge in [-0.15, -0.1) is 0 Å². The van der Waals surface area contributed by atoms with E-state index in [1.54, 1.807) is 0 Å². The van der Waals surface area contributed by atoms with E-state index < -0.39 is 75.7 Å². The van der Waals surface area contributed by atoms with Crippen molar-refractivity contribution in [3.63, 3.8) is 0 Å². The Labute approximate surface area is 401 Å². The highest BCUT2D eigenvalue weighted by atomic mass is 31.2. The molecule has 392 valence electrons. The molecule has 0 bridgehead atoms. The van der Waals surface area contributed by atoms with Gasteiger partial charge in [-0.1, -0.05) is 239 Å². The van der Waals surface area contributed by atoms with Crippen LogP contribution < -0.4 is 0 Å². The minimum atomic E-state index is -5.12. The SMILES string of the molecule is CCCCCCCCCCCCCCCCCCCCCCCCC(=O)O[C@H](COC(=O)CCCCCCCCCCCCCCCCC)COP(=O)(O)OC1C(O)C(O)C(O)[C@@H](O)C1O. The highest BCUT2D eigenvalue weighted by molar-refractivity contribution is 7.47. The molecule has 0 amide bonds. The van der Waals surface area contributed by atoms with Gasteiger partial charge < -0.3 is 39.9 Å². The molecule has 0 saturated heterocycles. The van der Waals surface area contributed by atoms with Crippen molar-refractivity contribution < 1.29 is 63.1 Å². The first kappa shape index (κ1) is 62.9. The van der Waals surface area contributed by atoms with Crippen molar-refractivity contribution in [1.29, 1.82) is 0 Å². The smallest absolute Gasteiger partial charge is 0.462 e. The Hall–Kier alpha value is -1.15. The number of ether oxygens (including phenoxy) is 2. The fourth-order valence-corrected chi connectivity index (χ4v) is 9.79. The largest absolute Gasteiger partial charge is 0.472 e. The Morgan fingerprint density at radius 1 is 0.409 bits per heavy atom. The summed E-state index contributed by atoms with van der Waals surface area (Å²) in [5.74, 6) is -1.08. The van der Waals surface area contributed by atoms with E-state index in [0.29, 0.717) is 12.8 Å². The number of phosphoric ester groups is 1. The highest BCUT2D eigenvalue weighted by Gasteiger charge is 2.51. The van der Waals surface area contributed by atoms with Gasteiger partial charge in [0.05, 0.1) is 6.61 Å². The van der Waals surface area contributed by atoms with Gasteiger partial charge in [0.1, 0.15) is 43.2 Å². The van der Waals surface area contributed by atoms with Crippen LogP contribution in [0.5, 0.6) is 0 Å². The molecule has 0 aromatic heterocycles. The Kier molecular flexibility index (Phi) is 40.7. The van der Waals surface area contributed by atoms with Gasteiger partial charge in [-0.05, 0) is 12.8 Å². The van der Waals surface area contributed by atoms with Crippen LogP contribution >= 0.6 is 7.82 Å². The number of carbonyl (C=O) groups is 2. The predicted molar refractivity (Wildman–Crippen MR) is 263 cm³/mol. The molecular formula is C52H101O13P. The average Bonchev–Trinajstić information content (AvgIpc) is 3.30. The lowest BCUT2D eigenvalue weighted by Crippen LogP contribution is -2.64. The first-order chi connectivity index (χ1) is 31.9. The molecule has 0 aliphatic heterocycles. The van der Waals surface area contributed by atoms with E-state index in [9.17, 15) is 44.6 Å². The van der Waals surface area contributed by atoms with Crippen LogP contribution in [0.2, 0.25) is 0 Å². The van der Waals surface area contributed by atoms with E-state index in [2.05, 4.69) is 13.8 Å². The van der Waals surface area contributed by atoms with Crippen LogP contribution in [-0.2, 0) is 32.7 Å². The molecule has 66 heavy (non-hydrogen) atoms. The Morgan fingerprint density at radius 2 is 0.682 bits per heavy atom. The minimum absolute atomic E-state index is 0.106. The van der Waals surface area contributed by atoms with Gasteiger partial charge in [-0.25, -0.2) is 4.57 Å². The number of carbonyl (C=O) groups excluding carboxylic acids is 2. The summed E-state index contributed by atoms with van der Waals surface area (Å²) in [5, 5.41) is 50.3. The van der Waals surface area contributed by atoms with Gasteiger partial charge >= 0.3 is 19.8 Å². The summed E-state index contributed by atoms with van der Waals surface area (Å²) in [6, 6.07) is 0. The number of phosphoric acid groups is 1. The summed E-state index contributed by atoms with van der Waals surface area (Å²) >= 11 is 0. The standard InChI is InChI=1S/C52H101O13P/c1-3-5-7-9-11-13-15-17-19-20-21-22-23-24-25-27-29-31-33-35-37-39-41-46(54)64-44(43-63-66(60,61)65-52-50(58)48(56)47(55)49(57)51(52)59)42-62-45(53)40-38-36-34-32-30-28-26-18-16-14-12-10-8-6-4-2/h44,47-52,55-59H,3-43H2,1-2H3,(H,60,61)/t44-,47?,48-,49?,50?,51?,52?/m1/s1. The molecule has 1 aliphatic rings. The van der Waals surface area contributed by atoms with E-state index in [-0.39, 0.29) is 12.8 Å². The maximum absolute atomic E-state index is 12.9.